The van der Waals surface area contributed by atoms with Crippen molar-refractivity contribution in [2.75, 3.05) is 25.9 Å². The highest BCUT2D eigenvalue weighted by molar-refractivity contribution is 7.97. The summed E-state index contributed by atoms with van der Waals surface area (Å²) in [6.45, 7) is 5.43. The molecule has 1 aliphatic rings. The van der Waals surface area contributed by atoms with Crippen molar-refractivity contribution in [3.8, 4) is 0 Å². The first kappa shape index (κ1) is 23.1. The van der Waals surface area contributed by atoms with Crippen LogP contribution in [0.1, 0.15) is 25.6 Å². The Morgan fingerprint density at radius 3 is 2.69 bits per heavy atom. The van der Waals surface area contributed by atoms with Gasteiger partial charge in [-0.25, -0.2) is 4.98 Å². The van der Waals surface area contributed by atoms with E-state index in [1.807, 2.05) is 28.8 Å². The number of piperidine rings is 1. The lowest BCUT2D eigenvalue weighted by Crippen LogP contribution is -2.43. The summed E-state index contributed by atoms with van der Waals surface area (Å²) in [5.41, 5.74) is 2.20. The minimum absolute atomic E-state index is 0. The number of para-hydroxylation sites is 2. The number of thioether (sulfide) groups is 1. The van der Waals surface area contributed by atoms with Crippen molar-refractivity contribution < 1.29 is 4.79 Å². The maximum Gasteiger partial charge on any atom is 0.240 e. The van der Waals surface area contributed by atoms with Crippen molar-refractivity contribution in [1.82, 2.24) is 20.2 Å². The molecule has 5 nitrogen and oxygen atoms in total. The normalized spacial score (nSPS) is 15.8. The number of carbonyl (C=O) groups excluding carboxylic acids is 1. The van der Waals surface area contributed by atoms with Gasteiger partial charge in [0.25, 0.3) is 0 Å². The van der Waals surface area contributed by atoms with E-state index in [-0.39, 0.29) is 36.1 Å². The zero-order valence-electron chi connectivity index (χ0n) is 15.3. The van der Waals surface area contributed by atoms with Gasteiger partial charge in [0.2, 0.25) is 5.91 Å². The molecule has 146 valence electrons. The van der Waals surface area contributed by atoms with Crippen LogP contribution in [-0.4, -0.2) is 41.3 Å². The summed E-state index contributed by atoms with van der Waals surface area (Å²) in [7, 11) is 0. The lowest BCUT2D eigenvalue weighted by atomic mass is 9.81. The van der Waals surface area contributed by atoms with Crippen LogP contribution in [0.4, 0.5) is 0 Å². The maximum absolute atomic E-state index is 12.5. The number of hydrogen-bond acceptors (Lipinski definition) is 4. The van der Waals surface area contributed by atoms with E-state index >= 15 is 0 Å². The fourth-order valence-corrected chi connectivity index (χ4v) is 3.74. The first-order valence-electron chi connectivity index (χ1n) is 8.52. The van der Waals surface area contributed by atoms with Crippen LogP contribution in [0.15, 0.2) is 24.3 Å². The number of nitrogens with zero attached hydrogens (tertiary/aromatic N) is 2. The predicted octanol–water partition coefficient (Wildman–Crippen LogP) is 3.25. The molecule has 2 aromatic rings. The average molecular weight is 419 g/mol. The van der Waals surface area contributed by atoms with Gasteiger partial charge < -0.3 is 15.2 Å². The van der Waals surface area contributed by atoms with Gasteiger partial charge in [-0.2, -0.15) is 11.8 Å². The summed E-state index contributed by atoms with van der Waals surface area (Å²) >= 11 is 1.72. The largest absolute Gasteiger partial charge is 0.354 e. The van der Waals surface area contributed by atoms with Crippen LogP contribution in [0, 0.1) is 5.41 Å². The third-order valence-corrected chi connectivity index (χ3v) is 5.38. The highest BCUT2D eigenvalue weighted by Crippen LogP contribution is 2.26. The van der Waals surface area contributed by atoms with Crippen LogP contribution < -0.4 is 10.6 Å². The van der Waals surface area contributed by atoms with E-state index in [1.54, 1.807) is 11.8 Å². The Bertz CT molecular complexity index is 716. The topological polar surface area (TPSA) is 59.0 Å². The van der Waals surface area contributed by atoms with Gasteiger partial charge in [-0.15, -0.1) is 24.8 Å². The van der Waals surface area contributed by atoms with Gasteiger partial charge >= 0.3 is 0 Å². The first-order chi connectivity index (χ1) is 11.6. The molecule has 1 aromatic carbocycles. The zero-order valence-corrected chi connectivity index (χ0v) is 17.7. The second-order valence-corrected chi connectivity index (χ2v) is 7.74. The number of aromatic nitrogens is 2. The molecule has 0 spiro atoms. The average Bonchev–Trinajstić information content (AvgIpc) is 2.92. The van der Waals surface area contributed by atoms with E-state index in [0.29, 0.717) is 6.54 Å². The quantitative estimate of drug-likeness (QED) is 0.755. The number of carbonyl (C=O) groups is 1. The molecule has 1 saturated heterocycles. The minimum atomic E-state index is 0. The van der Waals surface area contributed by atoms with Gasteiger partial charge in [0.15, 0.2) is 0 Å². The van der Waals surface area contributed by atoms with Crippen molar-refractivity contribution >= 4 is 53.5 Å². The second kappa shape index (κ2) is 10.4. The van der Waals surface area contributed by atoms with E-state index in [9.17, 15) is 4.79 Å². The summed E-state index contributed by atoms with van der Waals surface area (Å²) in [5, 5.41) is 6.52. The van der Waals surface area contributed by atoms with E-state index < -0.39 is 0 Å². The SMILES string of the molecule is CSCc1nc2ccccc2n1CC(=O)NCC1(C)CCNCC1.Cl.Cl. The molecular formula is C18H28Cl2N4OS. The number of hydrogen-bond donors (Lipinski definition) is 2. The van der Waals surface area contributed by atoms with E-state index in [1.165, 1.54) is 0 Å². The van der Waals surface area contributed by atoms with Crippen LogP contribution in [0.2, 0.25) is 0 Å². The predicted molar refractivity (Wildman–Crippen MR) is 115 cm³/mol. The molecular weight excluding hydrogens is 391 g/mol. The third-order valence-electron chi connectivity index (χ3n) is 4.83. The number of imidazole rings is 1. The molecule has 2 heterocycles. The van der Waals surface area contributed by atoms with Gasteiger partial charge in [-0.05, 0) is 49.7 Å². The molecule has 0 saturated carbocycles. The Labute approximate surface area is 171 Å². The molecule has 0 unspecified atom stereocenters. The zero-order chi connectivity index (χ0) is 17.0. The van der Waals surface area contributed by atoms with Crippen LogP contribution in [0.3, 0.4) is 0 Å². The molecule has 0 atom stereocenters. The Hall–Kier alpha value is -0.950. The van der Waals surface area contributed by atoms with Crippen molar-refractivity contribution in [3.63, 3.8) is 0 Å². The number of fused-ring (bicyclic) bond motifs is 1. The molecule has 1 aromatic heterocycles. The first-order valence-corrected chi connectivity index (χ1v) is 9.91. The maximum atomic E-state index is 12.5. The second-order valence-electron chi connectivity index (χ2n) is 6.87. The van der Waals surface area contributed by atoms with Gasteiger partial charge in [0.05, 0.1) is 16.8 Å². The molecule has 0 bridgehead atoms. The Morgan fingerprint density at radius 2 is 2.00 bits per heavy atom. The molecule has 2 N–H and O–H groups in total. The van der Waals surface area contributed by atoms with Crippen molar-refractivity contribution in [3.05, 3.63) is 30.1 Å². The summed E-state index contributed by atoms with van der Waals surface area (Å²) in [6.07, 6.45) is 4.28. The van der Waals surface area contributed by atoms with Crippen LogP contribution in [-0.2, 0) is 17.1 Å². The van der Waals surface area contributed by atoms with Gasteiger partial charge in [0, 0.05) is 6.54 Å². The summed E-state index contributed by atoms with van der Waals surface area (Å²) < 4.78 is 2.05. The van der Waals surface area contributed by atoms with Crippen LogP contribution >= 0.6 is 36.6 Å². The fraction of sp³-hybridized carbons (Fsp3) is 0.556. The third kappa shape index (κ3) is 5.52. The van der Waals surface area contributed by atoms with Gasteiger partial charge in [-0.3, -0.25) is 4.79 Å². The molecule has 26 heavy (non-hydrogen) atoms. The number of nitrogens with one attached hydrogen (secondary N) is 2. The highest BCUT2D eigenvalue weighted by atomic mass is 35.5. The van der Waals surface area contributed by atoms with E-state index in [4.69, 9.17) is 0 Å². The smallest absolute Gasteiger partial charge is 0.240 e. The van der Waals surface area contributed by atoms with Crippen molar-refractivity contribution in [1.29, 1.82) is 0 Å². The number of amides is 1. The standard InChI is InChI=1S/C18H26N4OS.2ClH/c1-18(7-9-19-10-8-18)13-20-17(23)11-22-15-6-4-3-5-14(15)21-16(22)12-24-2;;/h3-6,19H,7-13H2,1-2H3,(H,20,23);2*1H. The molecule has 8 heteroatoms. The molecule has 1 amide bonds. The number of benzene rings is 1. The Balaban J connectivity index is 0.00000169. The summed E-state index contributed by atoms with van der Waals surface area (Å²) in [5.74, 6) is 1.85. The molecule has 1 aliphatic heterocycles. The minimum Gasteiger partial charge on any atom is -0.354 e. The Morgan fingerprint density at radius 1 is 1.31 bits per heavy atom. The molecule has 3 rings (SSSR count). The van der Waals surface area contributed by atoms with E-state index in [2.05, 4.69) is 28.8 Å². The van der Waals surface area contributed by atoms with Gasteiger partial charge in [0.1, 0.15) is 12.4 Å². The van der Waals surface area contributed by atoms with E-state index in [0.717, 1.165) is 55.1 Å². The molecule has 0 aliphatic carbocycles. The number of rotatable bonds is 6. The van der Waals surface area contributed by atoms with Crippen LogP contribution in [0.25, 0.3) is 11.0 Å². The van der Waals surface area contributed by atoms with Crippen molar-refractivity contribution in [2.45, 2.75) is 32.1 Å². The lowest BCUT2D eigenvalue weighted by molar-refractivity contribution is -0.122. The van der Waals surface area contributed by atoms with Crippen molar-refractivity contribution in [2.24, 2.45) is 5.41 Å². The number of halogens is 2. The van der Waals surface area contributed by atoms with Crippen LogP contribution in [0.5, 0.6) is 0 Å². The molecule has 1 fully saturated rings. The fourth-order valence-electron chi connectivity index (χ4n) is 3.26. The Kier molecular flexibility index (Phi) is 9.24. The summed E-state index contributed by atoms with van der Waals surface area (Å²) in [4.78, 5) is 17.2. The van der Waals surface area contributed by atoms with Gasteiger partial charge in [-0.1, -0.05) is 19.1 Å². The highest BCUT2D eigenvalue weighted by Gasteiger charge is 2.27. The monoisotopic (exact) mass is 418 g/mol. The lowest BCUT2D eigenvalue weighted by Gasteiger charge is -2.34. The molecule has 0 radical (unpaired) electrons. The summed E-state index contributed by atoms with van der Waals surface area (Å²) in [6, 6.07) is 8.02.